The summed E-state index contributed by atoms with van der Waals surface area (Å²) in [7, 11) is 0. The smallest absolute Gasteiger partial charge is 0.129 e. The van der Waals surface area contributed by atoms with E-state index in [0.717, 1.165) is 0 Å². The molecule has 2 unspecified atom stereocenters. The Morgan fingerprint density at radius 1 is 1.38 bits per heavy atom. The van der Waals surface area contributed by atoms with Crippen molar-refractivity contribution in [2.24, 2.45) is 0 Å². The van der Waals surface area contributed by atoms with Gasteiger partial charge in [-0.3, -0.25) is 0 Å². The van der Waals surface area contributed by atoms with Gasteiger partial charge in [0.15, 0.2) is 0 Å². The molecular formula is C10H13ClN2O3. The van der Waals surface area contributed by atoms with E-state index in [9.17, 15) is 10.2 Å². The maximum absolute atomic E-state index is 9.42. The molecule has 0 radical (unpaired) electrons. The van der Waals surface area contributed by atoms with Crippen LogP contribution in [-0.2, 0) is 6.61 Å². The minimum atomic E-state index is -0.755. The highest BCUT2D eigenvalue weighted by Crippen LogP contribution is 2.23. The molecule has 1 aliphatic rings. The van der Waals surface area contributed by atoms with Gasteiger partial charge in [0.05, 0.1) is 23.8 Å². The van der Waals surface area contributed by atoms with E-state index in [-0.39, 0.29) is 6.61 Å². The Labute approximate surface area is 97.9 Å². The Kier molecular flexibility index (Phi) is 3.30. The van der Waals surface area contributed by atoms with Crippen LogP contribution in [0.4, 0.5) is 5.82 Å². The Morgan fingerprint density at radius 3 is 2.56 bits per heavy atom. The molecule has 0 saturated carbocycles. The topological polar surface area (TPSA) is 76.8 Å². The fraction of sp³-hybridized carbons (Fsp3) is 0.500. The number of halogens is 1. The highest BCUT2D eigenvalue weighted by atomic mass is 35.5. The van der Waals surface area contributed by atoms with Crippen molar-refractivity contribution in [2.45, 2.75) is 18.8 Å². The molecular weight excluding hydrogens is 232 g/mol. The summed E-state index contributed by atoms with van der Waals surface area (Å²) in [6, 6.07) is 1.66. The van der Waals surface area contributed by atoms with Crippen LogP contribution in [0, 0.1) is 0 Å². The first kappa shape index (κ1) is 11.6. The number of hydrogen-bond donors (Lipinski definition) is 3. The molecule has 1 aliphatic heterocycles. The molecule has 1 saturated heterocycles. The zero-order chi connectivity index (χ0) is 11.7. The fourth-order valence-corrected chi connectivity index (χ4v) is 1.88. The fourth-order valence-electron chi connectivity index (χ4n) is 1.72. The Bertz CT molecular complexity index is 378. The molecule has 2 atom stereocenters. The van der Waals surface area contributed by atoms with Gasteiger partial charge < -0.3 is 20.2 Å². The normalized spacial score (nSPS) is 25.1. The second kappa shape index (κ2) is 4.55. The van der Waals surface area contributed by atoms with Crippen LogP contribution in [-0.4, -0.2) is 45.6 Å². The molecule has 3 N–H and O–H groups in total. The number of anilines is 1. The lowest BCUT2D eigenvalue weighted by Gasteiger charge is -2.17. The van der Waals surface area contributed by atoms with Crippen LogP contribution in [0.3, 0.4) is 0 Å². The maximum Gasteiger partial charge on any atom is 0.129 e. The molecule has 5 nitrogen and oxygen atoms in total. The van der Waals surface area contributed by atoms with Crippen LogP contribution in [0.25, 0.3) is 0 Å². The van der Waals surface area contributed by atoms with Crippen LogP contribution in [0.5, 0.6) is 0 Å². The average molecular weight is 245 g/mol. The van der Waals surface area contributed by atoms with E-state index in [1.807, 2.05) is 0 Å². The van der Waals surface area contributed by atoms with Crippen molar-refractivity contribution in [2.75, 3.05) is 18.0 Å². The quantitative estimate of drug-likeness (QED) is 0.670. The van der Waals surface area contributed by atoms with Crippen LogP contribution < -0.4 is 4.90 Å². The second-order valence-corrected chi connectivity index (χ2v) is 4.24. The molecule has 88 valence electrons. The number of pyridine rings is 1. The first-order chi connectivity index (χ1) is 7.61. The molecule has 1 fully saturated rings. The lowest BCUT2D eigenvalue weighted by Crippen LogP contribution is -2.22. The van der Waals surface area contributed by atoms with Crippen molar-refractivity contribution in [3.63, 3.8) is 0 Å². The third-order valence-electron chi connectivity index (χ3n) is 2.67. The summed E-state index contributed by atoms with van der Waals surface area (Å²) in [5.74, 6) is 0.601. The third kappa shape index (κ3) is 2.12. The van der Waals surface area contributed by atoms with Gasteiger partial charge in [-0.25, -0.2) is 4.98 Å². The minimum absolute atomic E-state index is 0.159. The van der Waals surface area contributed by atoms with Crippen molar-refractivity contribution >= 4 is 17.4 Å². The summed E-state index contributed by atoms with van der Waals surface area (Å²) in [5, 5.41) is 28.3. The monoisotopic (exact) mass is 244 g/mol. The van der Waals surface area contributed by atoms with Crippen LogP contribution >= 0.6 is 11.6 Å². The van der Waals surface area contributed by atoms with E-state index < -0.39 is 12.2 Å². The number of aliphatic hydroxyl groups is 3. The number of rotatable bonds is 2. The van der Waals surface area contributed by atoms with Crippen molar-refractivity contribution in [1.29, 1.82) is 0 Å². The highest BCUT2D eigenvalue weighted by Gasteiger charge is 2.30. The van der Waals surface area contributed by atoms with Crippen molar-refractivity contribution in [3.8, 4) is 0 Å². The molecule has 0 aromatic carbocycles. The third-order valence-corrected chi connectivity index (χ3v) is 3.01. The van der Waals surface area contributed by atoms with Crippen molar-refractivity contribution in [1.82, 2.24) is 4.98 Å². The Balaban J connectivity index is 2.22. The molecule has 16 heavy (non-hydrogen) atoms. The van der Waals surface area contributed by atoms with Gasteiger partial charge >= 0.3 is 0 Å². The summed E-state index contributed by atoms with van der Waals surface area (Å²) >= 11 is 5.82. The van der Waals surface area contributed by atoms with Gasteiger partial charge in [-0.15, -0.1) is 0 Å². The van der Waals surface area contributed by atoms with E-state index in [2.05, 4.69) is 4.98 Å². The predicted octanol–water partition coefficient (Wildman–Crippen LogP) is -0.231. The van der Waals surface area contributed by atoms with Crippen molar-refractivity contribution in [3.05, 3.63) is 22.8 Å². The SMILES string of the molecule is OCc1cc(N2CC(O)C(O)C2)ncc1Cl. The molecule has 1 aromatic heterocycles. The van der Waals surface area contributed by atoms with Crippen LogP contribution in [0.2, 0.25) is 5.02 Å². The Morgan fingerprint density at radius 2 is 2.00 bits per heavy atom. The van der Waals surface area contributed by atoms with Gasteiger partial charge in [-0.1, -0.05) is 11.6 Å². The molecule has 0 bridgehead atoms. The second-order valence-electron chi connectivity index (χ2n) is 3.83. The number of hydrogen-bond acceptors (Lipinski definition) is 5. The number of β-amino-alcohol motifs (C(OH)–C–C–N with tert-alkyl or cyclic N) is 2. The van der Waals surface area contributed by atoms with E-state index >= 15 is 0 Å². The molecule has 2 heterocycles. The molecule has 2 rings (SSSR count). The first-order valence-electron chi connectivity index (χ1n) is 4.98. The van der Waals surface area contributed by atoms with E-state index in [1.165, 1.54) is 6.20 Å². The summed E-state index contributed by atoms with van der Waals surface area (Å²) in [4.78, 5) is 5.85. The highest BCUT2D eigenvalue weighted by molar-refractivity contribution is 6.31. The van der Waals surface area contributed by atoms with Crippen LogP contribution in [0.1, 0.15) is 5.56 Å². The standard InChI is InChI=1S/C10H13ClN2O3/c11-7-2-12-10(1-6(7)5-14)13-3-8(15)9(16)4-13/h1-2,8-9,14-16H,3-5H2. The summed E-state index contributed by atoms with van der Waals surface area (Å²) < 4.78 is 0. The lowest BCUT2D eigenvalue weighted by molar-refractivity contribution is 0.0572. The average Bonchev–Trinajstić information content (AvgIpc) is 2.60. The molecule has 0 amide bonds. The largest absolute Gasteiger partial charge is 0.392 e. The molecule has 1 aromatic rings. The molecule has 6 heteroatoms. The van der Waals surface area contributed by atoms with Gasteiger partial charge in [0.25, 0.3) is 0 Å². The molecule has 0 spiro atoms. The number of nitrogens with zero attached hydrogens (tertiary/aromatic N) is 2. The van der Waals surface area contributed by atoms with Gasteiger partial charge in [-0.2, -0.15) is 0 Å². The Hall–Kier alpha value is -0.880. The predicted molar refractivity (Wildman–Crippen MR) is 59.4 cm³/mol. The van der Waals surface area contributed by atoms with Crippen molar-refractivity contribution < 1.29 is 15.3 Å². The number of aliphatic hydroxyl groups excluding tert-OH is 3. The van der Waals surface area contributed by atoms with E-state index in [0.29, 0.717) is 29.5 Å². The molecule has 0 aliphatic carbocycles. The zero-order valence-corrected chi connectivity index (χ0v) is 9.30. The van der Waals surface area contributed by atoms with E-state index in [4.69, 9.17) is 16.7 Å². The first-order valence-corrected chi connectivity index (χ1v) is 5.36. The summed E-state index contributed by atoms with van der Waals surface area (Å²) in [5.41, 5.74) is 0.586. The van der Waals surface area contributed by atoms with Gasteiger partial charge in [0.1, 0.15) is 5.82 Å². The van der Waals surface area contributed by atoms with Gasteiger partial charge in [-0.05, 0) is 6.07 Å². The van der Waals surface area contributed by atoms with E-state index in [1.54, 1.807) is 11.0 Å². The van der Waals surface area contributed by atoms with Crippen LogP contribution in [0.15, 0.2) is 12.3 Å². The minimum Gasteiger partial charge on any atom is -0.392 e. The van der Waals surface area contributed by atoms with Gasteiger partial charge in [0.2, 0.25) is 0 Å². The number of aromatic nitrogens is 1. The summed E-state index contributed by atoms with van der Waals surface area (Å²) in [6.45, 7) is 0.509. The maximum atomic E-state index is 9.42. The summed E-state index contributed by atoms with van der Waals surface area (Å²) in [6.07, 6.45) is -0.0513. The van der Waals surface area contributed by atoms with Gasteiger partial charge in [0, 0.05) is 24.8 Å². The zero-order valence-electron chi connectivity index (χ0n) is 8.54. The lowest BCUT2D eigenvalue weighted by atomic mass is 10.2.